The van der Waals surface area contributed by atoms with Gasteiger partial charge in [-0.05, 0) is 64.7 Å². The van der Waals surface area contributed by atoms with E-state index in [9.17, 15) is 4.79 Å². The predicted molar refractivity (Wildman–Crippen MR) is 153 cm³/mol. The number of nitrogens with one attached hydrogen (secondary N) is 3. The molecule has 10 heteroatoms. The number of H-pyrrole nitrogens is 2. The number of methoxy groups -OCH3 is 1. The lowest BCUT2D eigenvalue weighted by Crippen LogP contribution is -2.38. The lowest BCUT2D eigenvalue weighted by atomic mass is 10.1. The third-order valence-electron chi connectivity index (χ3n) is 6.67. The second-order valence-electron chi connectivity index (χ2n) is 9.27. The Kier molecular flexibility index (Phi) is 8.31. The number of pyridine rings is 1. The molecular weight excluding hydrogens is 550 g/mol. The number of aryl methyl sites for hydroxylation is 1. The van der Waals surface area contributed by atoms with Crippen molar-refractivity contribution in [2.24, 2.45) is 0 Å². The summed E-state index contributed by atoms with van der Waals surface area (Å²) in [5, 5.41) is 3.41. The molecule has 0 amide bonds. The van der Waals surface area contributed by atoms with Crippen LogP contribution in [0, 0.1) is 6.92 Å². The number of anilines is 1. The summed E-state index contributed by atoms with van der Waals surface area (Å²) in [6.07, 6.45) is 2.42. The number of rotatable bonds is 10. The number of halogens is 1. The first-order valence-electron chi connectivity index (χ1n) is 12.7. The van der Waals surface area contributed by atoms with Crippen LogP contribution < -0.4 is 20.3 Å². The van der Waals surface area contributed by atoms with Gasteiger partial charge in [0.05, 0.1) is 41.5 Å². The van der Waals surface area contributed by atoms with Gasteiger partial charge in [-0.15, -0.1) is 0 Å². The van der Waals surface area contributed by atoms with Crippen LogP contribution in [-0.2, 0) is 11.2 Å². The molecule has 2 aromatic heterocycles. The summed E-state index contributed by atoms with van der Waals surface area (Å²) in [5.41, 5.74) is 4.78. The van der Waals surface area contributed by atoms with Crippen molar-refractivity contribution in [1.82, 2.24) is 19.9 Å². The van der Waals surface area contributed by atoms with Gasteiger partial charge in [-0.1, -0.05) is 6.07 Å². The predicted octanol–water partition coefficient (Wildman–Crippen LogP) is 4.36. The fraction of sp³-hybridized carbons (Fsp3) is 0.357. The zero-order valence-corrected chi connectivity index (χ0v) is 23.2. The van der Waals surface area contributed by atoms with Gasteiger partial charge in [-0.2, -0.15) is 0 Å². The van der Waals surface area contributed by atoms with Gasteiger partial charge in [0.25, 0.3) is 5.56 Å². The first-order chi connectivity index (χ1) is 18.5. The second kappa shape index (κ2) is 12.0. The minimum absolute atomic E-state index is 0.208. The van der Waals surface area contributed by atoms with Crippen LogP contribution >= 0.6 is 15.9 Å². The Morgan fingerprint density at radius 1 is 1.18 bits per heavy atom. The normalized spacial score (nSPS) is 14.1. The monoisotopic (exact) mass is 581 g/mol. The van der Waals surface area contributed by atoms with Crippen molar-refractivity contribution in [2.45, 2.75) is 13.3 Å². The third kappa shape index (κ3) is 6.03. The average molecular weight is 582 g/mol. The molecule has 4 aromatic rings. The number of hydrogen-bond acceptors (Lipinski definition) is 7. The maximum atomic E-state index is 12.9. The van der Waals surface area contributed by atoms with Gasteiger partial charge in [0.1, 0.15) is 29.5 Å². The van der Waals surface area contributed by atoms with Crippen LogP contribution in [0.15, 0.2) is 51.9 Å². The highest BCUT2D eigenvalue weighted by Crippen LogP contribution is 2.29. The van der Waals surface area contributed by atoms with Crippen LogP contribution in [-0.4, -0.2) is 73.0 Å². The lowest BCUT2D eigenvalue weighted by molar-refractivity contribution is 0.0322. The van der Waals surface area contributed by atoms with Crippen LogP contribution in [0.3, 0.4) is 0 Å². The van der Waals surface area contributed by atoms with E-state index in [1.807, 2.05) is 43.3 Å². The first-order valence-corrected chi connectivity index (χ1v) is 13.5. The molecule has 0 saturated carbocycles. The number of hydrogen-bond donors (Lipinski definition) is 3. The molecule has 0 bridgehead atoms. The Bertz CT molecular complexity index is 1460. The first kappa shape index (κ1) is 26.3. The minimum atomic E-state index is -0.208. The van der Waals surface area contributed by atoms with Crippen LogP contribution in [0.5, 0.6) is 11.5 Å². The Balaban J connectivity index is 1.31. The molecule has 0 unspecified atom stereocenters. The molecule has 1 aliphatic rings. The molecule has 200 valence electrons. The standard InChI is InChI=1S/C28H32BrN5O4/c1-18-15-20(38-14-11-34-9-12-37-13-10-34)17-23-26(18)33-27(32-23)25-22(6-8-31-28(25)35)30-7-5-19-3-4-24(36-2)21(29)16-19/h3-4,6,8,15-17H,5,7,9-14H2,1-2H3,(H,32,33)(H2,30,31,35). The fourth-order valence-electron chi connectivity index (χ4n) is 4.64. The summed E-state index contributed by atoms with van der Waals surface area (Å²) >= 11 is 3.54. The number of benzene rings is 2. The SMILES string of the molecule is COc1ccc(CCNc2cc[nH]c(=O)c2-c2nc3c(C)cc(OCCN4CCOCC4)cc3[nH]2)cc1Br. The third-order valence-corrected chi connectivity index (χ3v) is 7.29. The highest BCUT2D eigenvalue weighted by molar-refractivity contribution is 9.10. The van der Waals surface area contributed by atoms with Crippen molar-refractivity contribution in [3.8, 4) is 22.9 Å². The number of ether oxygens (including phenoxy) is 3. The zero-order valence-electron chi connectivity index (χ0n) is 21.6. The van der Waals surface area contributed by atoms with E-state index in [4.69, 9.17) is 19.2 Å². The molecule has 9 nitrogen and oxygen atoms in total. The highest BCUT2D eigenvalue weighted by Gasteiger charge is 2.16. The maximum absolute atomic E-state index is 12.9. The van der Waals surface area contributed by atoms with E-state index in [-0.39, 0.29) is 5.56 Å². The molecule has 1 saturated heterocycles. The van der Waals surface area contributed by atoms with Gasteiger partial charge in [-0.25, -0.2) is 4.98 Å². The molecule has 5 rings (SSSR count). The van der Waals surface area contributed by atoms with Crippen molar-refractivity contribution in [3.63, 3.8) is 0 Å². The van der Waals surface area contributed by atoms with E-state index in [1.54, 1.807) is 13.3 Å². The summed E-state index contributed by atoms with van der Waals surface area (Å²) in [7, 11) is 1.65. The minimum Gasteiger partial charge on any atom is -0.496 e. The summed E-state index contributed by atoms with van der Waals surface area (Å²) < 4.78 is 17.7. The number of aromatic amines is 2. The van der Waals surface area contributed by atoms with Crippen LogP contribution in [0.1, 0.15) is 11.1 Å². The smallest absolute Gasteiger partial charge is 0.261 e. The molecule has 3 heterocycles. The van der Waals surface area contributed by atoms with Crippen molar-refractivity contribution in [1.29, 1.82) is 0 Å². The molecule has 0 atom stereocenters. The van der Waals surface area contributed by atoms with Crippen LogP contribution in [0.4, 0.5) is 5.69 Å². The average Bonchev–Trinajstić information content (AvgIpc) is 3.34. The molecule has 0 spiro atoms. The van der Waals surface area contributed by atoms with Crippen molar-refractivity contribution < 1.29 is 14.2 Å². The fourth-order valence-corrected chi connectivity index (χ4v) is 5.23. The number of morpholine rings is 1. The van der Waals surface area contributed by atoms with Crippen LogP contribution in [0.2, 0.25) is 0 Å². The molecule has 1 fully saturated rings. The van der Waals surface area contributed by atoms with Gasteiger partial charge in [0, 0.05) is 38.4 Å². The Hall–Kier alpha value is -3.34. The van der Waals surface area contributed by atoms with E-state index in [0.717, 1.165) is 83.1 Å². The Morgan fingerprint density at radius 3 is 2.82 bits per heavy atom. The second-order valence-corrected chi connectivity index (χ2v) is 10.1. The van der Waals surface area contributed by atoms with Gasteiger partial charge in [0.2, 0.25) is 0 Å². The number of imidazole rings is 1. The molecule has 0 radical (unpaired) electrons. The van der Waals surface area contributed by atoms with E-state index in [1.165, 1.54) is 0 Å². The van der Waals surface area contributed by atoms with E-state index in [0.29, 0.717) is 24.5 Å². The lowest BCUT2D eigenvalue weighted by Gasteiger charge is -2.26. The summed E-state index contributed by atoms with van der Waals surface area (Å²) in [6.45, 7) is 7.53. The summed E-state index contributed by atoms with van der Waals surface area (Å²) in [4.78, 5) is 26.1. The van der Waals surface area contributed by atoms with Crippen LogP contribution in [0.25, 0.3) is 22.4 Å². The highest BCUT2D eigenvalue weighted by atomic mass is 79.9. The topological polar surface area (TPSA) is 104 Å². The van der Waals surface area contributed by atoms with E-state index in [2.05, 4.69) is 36.1 Å². The number of aromatic nitrogens is 3. The molecular formula is C28H32BrN5O4. The Labute approximate surface area is 229 Å². The molecule has 38 heavy (non-hydrogen) atoms. The van der Waals surface area contributed by atoms with Gasteiger partial charge >= 0.3 is 0 Å². The van der Waals surface area contributed by atoms with E-state index < -0.39 is 0 Å². The van der Waals surface area contributed by atoms with Crippen molar-refractivity contribution in [2.75, 3.05) is 58.4 Å². The quantitative estimate of drug-likeness (QED) is 0.255. The summed E-state index contributed by atoms with van der Waals surface area (Å²) in [6, 6.07) is 11.8. The number of fused-ring (bicyclic) bond motifs is 1. The largest absolute Gasteiger partial charge is 0.496 e. The van der Waals surface area contributed by atoms with Gasteiger partial charge in [-0.3, -0.25) is 9.69 Å². The summed E-state index contributed by atoms with van der Waals surface area (Å²) in [5.74, 6) is 2.10. The van der Waals surface area contributed by atoms with Gasteiger partial charge in [0.15, 0.2) is 0 Å². The molecule has 0 aliphatic carbocycles. The van der Waals surface area contributed by atoms with Gasteiger partial charge < -0.3 is 29.5 Å². The molecule has 2 aromatic carbocycles. The van der Waals surface area contributed by atoms with E-state index >= 15 is 0 Å². The number of nitrogens with zero attached hydrogens (tertiary/aromatic N) is 2. The molecule has 3 N–H and O–H groups in total. The molecule has 1 aliphatic heterocycles. The maximum Gasteiger partial charge on any atom is 0.261 e. The Morgan fingerprint density at radius 2 is 2.03 bits per heavy atom. The zero-order chi connectivity index (χ0) is 26.5. The van der Waals surface area contributed by atoms with Crippen molar-refractivity contribution in [3.05, 3.63) is 68.5 Å². The van der Waals surface area contributed by atoms with Crippen molar-refractivity contribution >= 4 is 32.7 Å².